The number of anilines is 1. The highest BCUT2D eigenvalue weighted by Gasteiger charge is 2.12. The van der Waals surface area contributed by atoms with Gasteiger partial charge >= 0.3 is 0 Å². The van der Waals surface area contributed by atoms with Crippen molar-refractivity contribution in [1.82, 2.24) is 25.3 Å². The molecule has 2 N–H and O–H groups in total. The molecule has 4 aromatic rings. The molecule has 9 nitrogen and oxygen atoms in total. The molecule has 0 aliphatic rings. The lowest BCUT2D eigenvalue weighted by atomic mass is 10.3. The van der Waals surface area contributed by atoms with Crippen LogP contribution in [0.3, 0.4) is 0 Å². The highest BCUT2D eigenvalue weighted by Crippen LogP contribution is 2.24. The highest BCUT2D eigenvalue weighted by molar-refractivity contribution is 7.98. The second-order valence-corrected chi connectivity index (χ2v) is 7.37. The van der Waals surface area contributed by atoms with Crippen LogP contribution in [-0.2, 0) is 17.0 Å². The predicted molar refractivity (Wildman–Crippen MR) is 103 cm³/mol. The molecule has 0 atom stereocenters. The van der Waals surface area contributed by atoms with E-state index < -0.39 is 0 Å². The normalized spacial score (nSPS) is 11.2. The number of amides is 1. The number of nitrogens with one attached hydrogen (secondary N) is 2. The van der Waals surface area contributed by atoms with Crippen molar-refractivity contribution in [3.05, 3.63) is 46.8 Å². The summed E-state index contributed by atoms with van der Waals surface area (Å²) in [5.41, 5.74) is 1.71. The molecule has 0 aliphatic carbocycles. The average molecular weight is 419 g/mol. The Bertz CT molecular complexity index is 1120. The van der Waals surface area contributed by atoms with Crippen molar-refractivity contribution in [2.75, 3.05) is 5.32 Å². The first-order chi connectivity index (χ1) is 13.5. The van der Waals surface area contributed by atoms with Gasteiger partial charge in [0.05, 0.1) is 16.8 Å². The van der Waals surface area contributed by atoms with Crippen molar-refractivity contribution in [2.45, 2.75) is 30.7 Å². The topological polar surface area (TPSA) is 123 Å². The monoisotopic (exact) mass is 418 g/mol. The number of aryl methyl sites for hydroxylation is 2. The van der Waals surface area contributed by atoms with Gasteiger partial charge in [-0.1, -0.05) is 33.7 Å². The Balaban J connectivity index is 1.28. The number of aromatic nitrogens is 5. The number of rotatable bonds is 7. The third kappa shape index (κ3) is 4.52. The third-order valence-electron chi connectivity index (χ3n) is 3.73. The molecule has 0 bridgehead atoms. The van der Waals surface area contributed by atoms with Crippen LogP contribution in [-0.4, -0.2) is 31.2 Å². The Labute approximate surface area is 168 Å². The van der Waals surface area contributed by atoms with Gasteiger partial charge in [-0.2, -0.15) is 4.98 Å². The minimum Gasteiger partial charge on any atom is -0.360 e. The van der Waals surface area contributed by atoms with Gasteiger partial charge in [-0.05, 0) is 25.1 Å². The molecular weight excluding hydrogens is 404 g/mol. The molecule has 4 rings (SSSR count). The summed E-state index contributed by atoms with van der Waals surface area (Å²) in [6.07, 6.45) is 0.536. The van der Waals surface area contributed by atoms with E-state index in [0.717, 1.165) is 16.2 Å². The number of benzene rings is 1. The van der Waals surface area contributed by atoms with Crippen LogP contribution in [0.2, 0.25) is 5.02 Å². The molecule has 0 aliphatic heterocycles. The van der Waals surface area contributed by atoms with Gasteiger partial charge in [-0.3, -0.25) is 4.79 Å². The Kier molecular flexibility index (Phi) is 5.31. The molecule has 3 aromatic heterocycles. The van der Waals surface area contributed by atoms with Gasteiger partial charge in [-0.15, -0.1) is 0 Å². The molecule has 0 spiro atoms. The Morgan fingerprint density at radius 2 is 2.14 bits per heavy atom. The van der Waals surface area contributed by atoms with E-state index in [4.69, 9.17) is 20.6 Å². The smallest absolute Gasteiger partial charge is 0.227 e. The number of H-pyrrole nitrogens is 1. The predicted octanol–water partition coefficient (Wildman–Crippen LogP) is 3.76. The van der Waals surface area contributed by atoms with Gasteiger partial charge in [0.1, 0.15) is 5.76 Å². The quantitative estimate of drug-likeness (QED) is 0.435. The maximum Gasteiger partial charge on any atom is 0.227 e. The number of carbonyl (C=O) groups excluding carboxylic acids is 1. The van der Waals surface area contributed by atoms with Crippen LogP contribution in [0.5, 0.6) is 0 Å². The summed E-state index contributed by atoms with van der Waals surface area (Å²) >= 11 is 7.43. The molecule has 0 saturated carbocycles. The van der Waals surface area contributed by atoms with Gasteiger partial charge in [-0.25, -0.2) is 4.98 Å². The lowest BCUT2D eigenvalue weighted by Gasteiger charge is -1.98. The van der Waals surface area contributed by atoms with Gasteiger partial charge < -0.3 is 19.3 Å². The zero-order valence-electron chi connectivity index (χ0n) is 14.7. The second kappa shape index (κ2) is 8.03. The van der Waals surface area contributed by atoms with E-state index in [0.29, 0.717) is 40.5 Å². The zero-order valence-corrected chi connectivity index (χ0v) is 16.3. The summed E-state index contributed by atoms with van der Waals surface area (Å²) in [4.78, 5) is 23.9. The lowest BCUT2D eigenvalue weighted by molar-refractivity contribution is -0.116. The molecular formula is C17H15ClN6O3S. The second-order valence-electron chi connectivity index (χ2n) is 5.97. The number of carbonyl (C=O) groups is 1. The van der Waals surface area contributed by atoms with Crippen LogP contribution in [0.1, 0.15) is 23.9 Å². The molecule has 11 heteroatoms. The molecule has 0 unspecified atom stereocenters. The van der Waals surface area contributed by atoms with Crippen molar-refractivity contribution in [1.29, 1.82) is 0 Å². The van der Waals surface area contributed by atoms with E-state index in [2.05, 4.69) is 30.6 Å². The van der Waals surface area contributed by atoms with E-state index in [-0.39, 0.29) is 12.3 Å². The van der Waals surface area contributed by atoms with Crippen molar-refractivity contribution in [3.63, 3.8) is 0 Å². The first-order valence-corrected chi connectivity index (χ1v) is 9.74. The van der Waals surface area contributed by atoms with E-state index in [1.54, 1.807) is 19.1 Å². The third-order valence-corrected chi connectivity index (χ3v) is 4.84. The average Bonchev–Trinajstić information content (AvgIpc) is 3.37. The number of fused-ring (bicyclic) bond motifs is 1. The fourth-order valence-electron chi connectivity index (χ4n) is 2.46. The summed E-state index contributed by atoms with van der Waals surface area (Å²) in [7, 11) is 0. The standard InChI is InChI=1S/C17H15ClN6O3S/c1-9-6-13(23-26-9)21-15(25)4-5-16-22-14(24-27-16)8-28-17-19-11-3-2-10(18)7-12(11)20-17/h2-3,6-7H,4-5,8H2,1H3,(H,19,20)(H,21,23,25). The largest absolute Gasteiger partial charge is 0.360 e. The highest BCUT2D eigenvalue weighted by atomic mass is 35.5. The summed E-state index contributed by atoms with van der Waals surface area (Å²) in [6, 6.07) is 7.12. The minimum atomic E-state index is -0.205. The first kappa shape index (κ1) is 18.5. The number of halogens is 1. The lowest BCUT2D eigenvalue weighted by Crippen LogP contribution is -2.12. The van der Waals surface area contributed by atoms with E-state index >= 15 is 0 Å². The Hall–Kier alpha value is -2.85. The summed E-state index contributed by atoms with van der Waals surface area (Å²) in [6.45, 7) is 1.75. The number of nitrogens with zero attached hydrogens (tertiary/aromatic N) is 4. The maximum absolute atomic E-state index is 11.9. The molecule has 1 amide bonds. The summed E-state index contributed by atoms with van der Waals surface area (Å²) in [5.74, 6) is 2.23. The van der Waals surface area contributed by atoms with Crippen LogP contribution < -0.4 is 5.32 Å². The number of imidazole rings is 1. The van der Waals surface area contributed by atoms with Gasteiger partial charge in [0.15, 0.2) is 16.8 Å². The number of aromatic amines is 1. The molecule has 3 heterocycles. The summed E-state index contributed by atoms with van der Waals surface area (Å²) < 4.78 is 10.1. The Morgan fingerprint density at radius 3 is 2.96 bits per heavy atom. The number of hydrogen-bond donors (Lipinski definition) is 2. The van der Waals surface area contributed by atoms with Crippen LogP contribution in [0.15, 0.2) is 38.5 Å². The van der Waals surface area contributed by atoms with Crippen molar-refractivity contribution < 1.29 is 13.8 Å². The Morgan fingerprint density at radius 1 is 1.25 bits per heavy atom. The van der Waals surface area contributed by atoms with E-state index in [9.17, 15) is 4.79 Å². The van der Waals surface area contributed by atoms with Gasteiger partial charge in [0, 0.05) is 23.9 Å². The zero-order chi connectivity index (χ0) is 19.5. The van der Waals surface area contributed by atoms with Crippen LogP contribution >= 0.6 is 23.4 Å². The van der Waals surface area contributed by atoms with Gasteiger partial charge in [0.2, 0.25) is 11.8 Å². The maximum atomic E-state index is 11.9. The fraction of sp³-hybridized carbons (Fsp3) is 0.235. The molecule has 144 valence electrons. The fourth-order valence-corrected chi connectivity index (χ4v) is 3.36. The van der Waals surface area contributed by atoms with Crippen LogP contribution in [0.4, 0.5) is 5.82 Å². The van der Waals surface area contributed by atoms with E-state index in [1.807, 2.05) is 12.1 Å². The summed E-state index contributed by atoms with van der Waals surface area (Å²) in [5, 5.41) is 11.7. The van der Waals surface area contributed by atoms with Crippen molar-refractivity contribution in [2.24, 2.45) is 0 Å². The molecule has 0 saturated heterocycles. The number of thioether (sulfide) groups is 1. The van der Waals surface area contributed by atoms with Gasteiger partial charge in [0.25, 0.3) is 0 Å². The molecule has 0 fully saturated rings. The van der Waals surface area contributed by atoms with E-state index in [1.165, 1.54) is 11.8 Å². The van der Waals surface area contributed by atoms with Crippen molar-refractivity contribution in [3.8, 4) is 0 Å². The minimum absolute atomic E-state index is 0.199. The first-order valence-electron chi connectivity index (χ1n) is 8.38. The molecule has 28 heavy (non-hydrogen) atoms. The van der Waals surface area contributed by atoms with Crippen LogP contribution in [0, 0.1) is 6.92 Å². The molecule has 1 aromatic carbocycles. The van der Waals surface area contributed by atoms with Crippen molar-refractivity contribution >= 4 is 46.1 Å². The SMILES string of the molecule is Cc1cc(NC(=O)CCc2nc(CSc3nc4ccc(Cl)cc4[nH]3)no2)no1. The number of hydrogen-bond acceptors (Lipinski definition) is 8. The van der Waals surface area contributed by atoms with Crippen LogP contribution in [0.25, 0.3) is 11.0 Å². The molecule has 0 radical (unpaired) electrons.